The molecule has 0 aliphatic carbocycles. The van der Waals surface area contributed by atoms with Crippen LogP contribution in [-0.4, -0.2) is 55.8 Å². The van der Waals surface area contributed by atoms with E-state index in [1.54, 1.807) is 17.0 Å². The van der Waals surface area contributed by atoms with E-state index in [1.165, 1.54) is 6.26 Å². The third-order valence-corrected chi connectivity index (χ3v) is 5.78. The molecule has 2 heterocycles. The highest BCUT2D eigenvalue weighted by Gasteiger charge is 2.33. The molecular weight excluding hydrogens is 332 g/mol. The van der Waals surface area contributed by atoms with E-state index in [2.05, 4.69) is 5.32 Å². The molecule has 8 heteroatoms. The fraction of sp³-hybridized carbons (Fsp3) is 0.625. The number of carbonyl (C=O) groups is 2. The Labute approximate surface area is 142 Å². The van der Waals surface area contributed by atoms with Gasteiger partial charge < -0.3 is 14.6 Å². The highest BCUT2D eigenvalue weighted by molar-refractivity contribution is 7.91. The monoisotopic (exact) mass is 356 g/mol. The topological polar surface area (TPSA) is 96.7 Å². The van der Waals surface area contributed by atoms with Gasteiger partial charge in [0, 0.05) is 25.6 Å². The van der Waals surface area contributed by atoms with Gasteiger partial charge in [0.15, 0.2) is 15.6 Å². The van der Waals surface area contributed by atoms with Crippen LogP contribution in [0.5, 0.6) is 0 Å². The average molecular weight is 356 g/mol. The van der Waals surface area contributed by atoms with Gasteiger partial charge in [-0.05, 0) is 31.4 Å². The van der Waals surface area contributed by atoms with Crippen molar-refractivity contribution < 1.29 is 22.4 Å². The van der Waals surface area contributed by atoms with E-state index >= 15 is 0 Å². The minimum atomic E-state index is -3.02. The Morgan fingerprint density at radius 1 is 1.42 bits per heavy atom. The van der Waals surface area contributed by atoms with Crippen molar-refractivity contribution in [3.8, 4) is 0 Å². The SMILES string of the molecule is CCCN(C(=O)CCCNC(=O)c1ccco1)C1CCS(=O)(=O)C1. The molecule has 7 nitrogen and oxygen atoms in total. The smallest absolute Gasteiger partial charge is 0.286 e. The molecule has 1 aromatic rings. The second-order valence-corrected chi connectivity index (χ2v) is 8.21. The molecule has 1 aliphatic heterocycles. The summed E-state index contributed by atoms with van der Waals surface area (Å²) in [5, 5.41) is 2.69. The first-order valence-electron chi connectivity index (χ1n) is 8.24. The zero-order chi connectivity index (χ0) is 17.6. The molecule has 2 rings (SSSR count). The summed E-state index contributed by atoms with van der Waals surface area (Å²) in [6, 6.07) is 3.00. The van der Waals surface area contributed by atoms with Gasteiger partial charge in [-0.1, -0.05) is 6.92 Å². The van der Waals surface area contributed by atoms with Crippen LogP contribution in [0.1, 0.15) is 43.2 Å². The van der Waals surface area contributed by atoms with Gasteiger partial charge in [-0.2, -0.15) is 0 Å². The molecule has 0 bridgehead atoms. The summed E-state index contributed by atoms with van der Waals surface area (Å²) in [5.41, 5.74) is 0. The minimum absolute atomic E-state index is 0.0498. The van der Waals surface area contributed by atoms with E-state index in [4.69, 9.17) is 4.42 Å². The number of amides is 2. The summed E-state index contributed by atoms with van der Waals surface area (Å²) >= 11 is 0. The molecule has 1 saturated heterocycles. The van der Waals surface area contributed by atoms with E-state index in [9.17, 15) is 18.0 Å². The van der Waals surface area contributed by atoms with Crippen molar-refractivity contribution in [3.63, 3.8) is 0 Å². The Morgan fingerprint density at radius 2 is 2.21 bits per heavy atom. The van der Waals surface area contributed by atoms with Gasteiger partial charge in [0.1, 0.15) is 0 Å². The summed E-state index contributed by atoms with van der Waals surface area (Å²) in [6.45, 7) is 2.90. The van der Waals surface area contributed by atoms with Gasteiger partial charge in [0.25, 0.3) is 5.91 Å². The standard InChI is InChI=1S/C16H24N2O5S/c1-2-9-18(13-7-11-24(21,22)12-13)15(19)6-3-8-17-16(20)14-5-4-10-23-14/h4-5,10,13H,2-3,6-9,11-12H2,1H3,(H,17,20). The predicted molar refractivity (Wildman–Crippen MR) is 89.3 cm³/mol. The summed E-state index contributed by atoms with van der Waals surface area (Å²) in [5.74, 6) is 0.106. The minimum Gasteiger partial charge on any atom is -0.459 e. The van der Waals surface area contributed by atoms with Crippen LogP contribution in [0.15, 0.2) is 22.8 Å². The molecule has 2 amide bonds. The van der Waals surface area contributed by atoms with E-state index in [0.717, 1.165) is 6.42 Å². The summed E-state index contributed by atoms with van der Waals surface area (Å²) < 4.78 is 28.2. The fourth-order valence-electron chi connectivity index (χ4n) is 2.85. The Balaban J connectivity index is 1.77. The van der Waals surface area contributed by atoms with E-state index in [0.29, 0.717) is 25.9 Å². The maximum Gasteiger partial charge on any atom is 0.286 e. The highest BCUT2D eigenvalue weighted by atomic mass is 32.2. The molecule has 0 spiro atoms. The summed E-state index contributed by atoms with van der Waals surface area (Å²) in [7, 11) is -3.02. The van der Waals surface area contributed by atoms with Gasteiger partial charge in [0.2, 0.25) is 5.91 Å². The first kappa shape index (κ1) is 18.5. The van der Waals surface area contributed by atoms with Crippen LogP contribution in [0.4, 0.5) is 0 Å². The number of furan rings is 1. The maximum atomic E-state index is 12.4. The van der Waals surface area contributed by atoms with Gasteiger partial charge >= 0.3 is 0 Å². The van der Waals surface area contributed by atoms with Crippen LogP contribution in [0, 0.1) is 0 Å². The van der Waals surface area contributed by atoms with Gasteiger partial charge in [-0.15, -0.1) is 0 Å². The molecular formula is C16H24N2O5S. The van der Waals surface area contributed by atoms with Crippen molar-refractivity contribution in [2.24, 2.45) is 0 Å². The molecule has 1 unspecified atom stereocenters. The highest BCUT2D eigenvalue weighted by Crippen LogP contribution is 2.19. The molecule has 1 N–H and O–H groups in total. The van der Waals surface area contributed by atoms with E-state index in [-0.39, 0.29) is 41.5 Å². The molecule has 1 aliphatic rings. The molecule has 0 aromatic carbocycles. The van der Waals surface area contributed by atoms with Gasteiger partial charge in [-0.3, -0.25) is 9.59 Å². The van der Waals surface area contributed by atoms with Crippen molar-refractivity contribution in [2.75, 3.05) is 24.6 Å². The van der Waals surface area contributed by atoms with Crippen molar-refractivity contribution >= 4 is 21.7 Å². The van der Waals surface area contributed by atoms with Crippen LogP contribution in [0.25, 0.3) is 0 Å². The Morgan fingerprint density at radius 3 is 2.79 bits per heavy atom. The fourth-order valence-corrected chi connectivity index (χ4v) is 4.58. The molecule has 24 heavy (non-hydrogen) atoms. The quantitative estimate of drug-likeness (QED) is 0.706. The van der Waals surface area contributed by atoms with Crippen LogP contribution < -0.4 is 5.32 Å². The molecule has 134 valence electrons. The van der Waals surface area contributed by atoms with E-state index in [1.807, 2.05) is 6.92 Å². The molecule has 1 aromatic heterocycles. The number of hydrogen-bond acceptors (Lipinski definition) is 5. The van der Waals surface area contributed by atoms with Crippen LogP contribution >= 0.6 is 0 Å². The molecule has 0 radical (unpaired) electrons. The first-order valence-corrected chi connectivity index (χ1v) is 10.1. The van der Waals surface area contributed by atoms with Crippen LogP contribution in [-0.2, 0) is 14.6 Å². The lowest BCUT2D eigenvalue weighted by Crippen LogP contribution is -2.41. The second kappa shape index (κ2) is 8.32. The number of rotatable bonds is 8. The third-order valence-electron chi connectivity index (χ3n) is 4.03. The van der Waals surface area contributed by atoms with Gasteiger partial charge in [-0.25, -0.2) is 8.42 Å². The van der Waals surface area contributed by atoms with E-state index < -0.39 is 9.84 Å². The summed E-state index contributed by atoms with van der Waals surface area (Å²) in [4.78, 5) is 25.8. The number of nitrogens with one attached hydrogen (secondary N) is 1. The molecule has 1 atom stereocenters. The largest absolute Gasteiger partial charge is 0.459 e. The lowest BCUT2D eigenvalue weighted by molar-refractivity contribution is -0.133. The maximum absolute atomic E-state index is 12.4. The normalized spacial score (nSPS) is 19.1. The van der Waals surface area contributed by atoms with Crippen LogP contribution in [0.2, 0.25) is 0 Å². The molecule has 1 fully saturated rings. The average Bonchev–Trinajstić information content (AvgIpc) is 3.18. The van der Waals surface area contributed by atoms with Gasteiger partial charge in [0.05, 0.1) is 17.8 Å². The number of hydrogen-bond donors (Lipinski definition) is 1. The van der Waals surface area contributed by atoms with Crippen molar-refractivity contribution in [3.05, 3.63) is 24.2 Å². The van der Waals surface area contributed by atoms with Crippen molar-refractivity contribution in [1.29, 1.82) is 0 Å². The first-order chi connectivity index (χ1) is 11.4. The zero-order valence-electron chi connectivity index (χ0n) is 13.9. The lowest BCUT2D eigenvalue weighted by atomic mass is 10.1. The zero-order valence-corrected chi connectivity index (χ0v) is 14.7. The number of sulfone groups is 1. The second-order valence-electron chi connectivity index (χ2n) is 5.98. The summed E-state index contributed by atoms with van der Waals surface area (Å²) in [6.07, 6.45) is 3.53. The van der Waals surface area contributed by atoms with Crippen molar-refractivity contribution in [1.82, 2.24) is 10.2 Å². The number of carbonyl (C=O) groups excluding carboxylic acids is 2. The predicted octanol–water partition coefficient (Wildman–Crippen LogP) is 1.22. The third kappa shape index (κ3) is 5.09. The Kier molecular flexibility index (Phi) is 6.42. The van der Waals surface area contributed by atoms with Crippen LogP contribution in [0.3, 0.4) is 0 Å². The number of nitrogens with zero attached hydrogens (tertiary/aromatic N) is 1. The Hall–Kier alpha value is -1.83. The Bertz CT molecular complexity index is 654. The lowest BCUT2D eigenvalue weighted by Gasteiger charge is -2.28. The van der Waals surface area contributed by atoms with Crippen molar-refractivity contribution in [2.45, 2.75) is 38.6 Å². The molecule has 0 saturated carbocycles.